The van der Waals surface area contributed by atoms with Crippen molar-refractivity contribution in [3.8, 4) is 0 Å². The van der Waals surface area contributed by atoms with Crippen molar-refractivity contribution in [2.75, 3.05) is 13.2 Å². The summed E-state index contributed by atoms with van der Waals surface area (Å²) in [6.45, 7) is 8.58. The predicted octanol–water partition coefficient (Wildman–Crippen LogP) is 7.53. The minimum atomic E-state index is 0.873. The van der Waals surface area contributed by atoms with Crippen molar-refractivity contribution in [1.82, 2.24) is 0 Å². The molecule has 0 aliphatic carbocycles. The molecule has 0 N–H and O–H groups in total. The summed E-state index contributed by atoms with van der Waals surface area (Å²) in [5.41, 5.74) is 0. The molecule has 0 aromatic heterocycles. The van der Waals surface area contributed by atoms with Crippen LogP contribution in [0.3, 0.4) is 0 Å². The molecule has 0 unspecified atom stereocenters. The van der Waals surface area contributed by atoms with Gasteiger partial charge in [-0.2, -0.15) is 0 Å². The molecule has 0 spiro atoms. The molecule has 0 aliphatic rings. The largest absolute Gasteiger partial charge is 0.382 e. The van der Waals surface area contributed by atoms with Gasteiger partial charge in [0.25, 0.3) is 0 Å². The van der Waals surface area contributed by atoms with E-state index in [2.05, 4.69) is 20.8 Å². The Hall–Kier alpha value is -0.0400. The van der Waals surface area contributed by atoms with E-state index in [1.54, 1.807) is 0 Å². The van der Waals surface area contributed by atoms with Gasteiger partial charge in [0.05, 0.1) is 0 Å². The standard InChI is InChI=1S/C21H44O/c1-4-22-20-18-16-14-12-10-8-6-5-7-9-11-13-15-17-19-21(2)3/h21H,4-20H2,1-3H3. The van der Waals surface area contributed by atoms with Crippen molar-refractivity contribution >= 4 is 0 Å². The molecule has 22 heavy (non-hydrogen) atoms. The lowest BCUT2D eigenvalue weighted by Crippen LogP contribution is -1.92. The zero-order valence-electron chi connectivity index (χ0n) is 16.0. The van der Waals surface area contributed by atoms with E-state index in [1.807, 2.05) is 0 Å². The van der Waals surface area contributed by atoms with Crippen LogP contribution in [-0.2, 0) is 4.74 Å². The van der Waals surface area contributed by atoms with E-state index in [0.717, 1.165) is 19.1 Å². The van der Waals surface area contributed by atoms with Crippen molar-refractivity contribution in [3.63, 3.8) is 0 Å². The second-order valence-corrected chi connectivity index (χ2v) is 7.33. The Kier molecular flexibility index (Phi) is 19.0. The fourth-order valence-electron chi connectivity index (χ4n) is 3.02. The van der Waals surface area contributed by atoms with Crippen LogP contribution in [0.2, 0.25) is 0 Å². The van der Waals surface area contributed by atoms with Crippen LogP contribution in [0.25, 0.3) is 0 Å². The Morgan fingerprint density at radius 1 is 0.545 bits per heavy atom. The molecule has 0 amide bonds. The summed E-state index contributed by atoms with van der Waals surface area (Å²) in [5, 5.41) is 0. The fourth-order valence-corrected chi connectivity index (χ4v) is 3.02. The Bertz CT molecular complexity index is 188. The van der Waals surface area contributed by atoms with E-state index in [4.69, 9.17) is 4.74 Å². The number of ether oxygens (including phenoxy) is 1. The average molecular weight is 313 g/mol. The van der Waals surface area contributed by atoms with Gasteiger partial charge in [0, 0.05) is 13.2 Å². The first kappa shape index (κ1) is 22.0. The first-order valence-corrected chi connectivity index (χ1v) is 10.3. The molecule has 0 atom stereocenters. The molecule has 0 saturated heterocycles. The van der Waals surface area contributed by atoms with Gasteiger partial charge in [0.2, 0.25) is 0 Å². The second kappa shape index (κ2) is 19.0. The topological polar surface area (TPSA) is 9.23 Å². The van der Waals surface area contributed by atoms with Crippen LogP contribution in [-0.4, -0.2) is 13.2 Å². The first-order valence-electron chi connectivity index (χ1n) is 10.3. The highest BCUT2D eigenvalue weighted by Crippen LogP contribution is 2.14. The van der Waals surface area contributed by atoms with Crippen molar-refractivity contribution < 1.29 is 4.74 Å². The summed E-state index contributed by atoms with van der Waals surface area (Å²) in [7, 11) is 0. The van der Waals surface area contributed by atoms with Crippen molar-refractivity contribution in [2.24, 2.45) is 5.92 Å². The van der Waals surface area contributed by atoms with Gasteiger partial charge in [0.15, 0.2) is 0 Å². The van der Waals surface area contributed by atoms with Crippen molar-refractivity contribution in [3.05, 3.63) is 0 Å². The SMILES string of the molecule is CCOCCCCCCCCCCCCCCCCC(C)C. The number of rotatable bonds is 18. The smallest absolute Gasteiger partial charge is 0.0465 e. The summed E-state index contributed by atoms with van der Waals surface area (Å²) in [6, 6.07) is 0. The van der Waals surface area contributed by atoms with Crippen LogP contribution in [0, 0.1) is 5.92 Å². The van der Waals surface area contributed by atoms with Crippen LogP contribution in [0.4, 0.5) is 0 Å². The fraction of sp³-hybridized carbons (Fsp3) is 1.00. The molecule has 134 valence electrons. The zero-order chi connectivity index (χ0) is 16.3. The quantitative estimate of drug-likeness (QED) is 0.238. The lowest BCUT2D eigenvalue weighted by Gasteiger charge is -2.05. The predicted molar refractivity (Wildman–Crippen MR) is 101 cm³/mol. The van der Waals surface area contributed by atoms with E-state index < -0.39 is 0 Å². The lowest BCUT2D eigenvalue weighted by atomic mass is 10.0. The van der Waals surface area contributed by atoms with Gasteiger partial charge in [0.1, 0.15) is 0 Å². The second-order valence-electron chi connectivity index (χ2n) is 7.33. The van der Waals surface area contributed by atoms with Gasteiger partial charge in [-0.15, -0.1) is 0 Å². The summed E-state index contributed by atoms with van der Waals surface area (Å²) < 4.78 is 5.36. The summed E-state index contributed by atoms with van der Waals surface area (Å²) in [5.74, 6) is 0.893. The highest BCUT2D eigenvalue weighted by molar-refractivity contribution is 4.51. The number of hydrogen-bond acceptors (Lipinski definition) is 1. The summed E-state index contributed by atoms with van der Waals surface area (Å²) >= 11 is 0. The van der Waals surface area contributed by atoms with E-state index >= 15 is 0 Å². The van der Waals surface area contributed by atoms with Crippen LogP contribution < -0.4 is 0 Å². The van der Waals surface area contributed by atoms with Crippen molar-refractivity contribution in [2.45, 2.75) is 117 Å². The highest BCUT2D eigenvalue weighted by Gasteiger charge is 1.96. The van der Waals surface area contributed by atoms with Gasteiger partial charge in [-0.25, -0.2) is 0 Å². The molecule has 0 aromatic rings. The third-order valence-corrected chi connectivity index (χ3v) is 4.52. The van der Waals surface area contributed by atoms with E-state index in [0.29, 0.717) is 0 Å². The molecular formula is C21H44O. The molecule has 0 bridgehead atoms. The van der Waals surface area contributed by atoms with Gasteiger partial charge in [-0.1, -0.05) is 104 Å². The maximum Gasteiger partial charge on any atom is 0.0465 e. The van der Waals surface area contributed by atoms with Crippen LogP contribution in [0.15, 0.2) is 0 Å². The Morgan fingerprint density at radius 3 is 1.27 bits per heavy atom. The summed E-state index contributed by atoms with van der Waals surface area (Å²) in [6.07, 6.45) is 21.5. The maximum absolute atomic E-state index is 5.36. The van der Waals surface area contributed by atoms with Crippen LogP contribution in [0.5, 0.6) is 0 Å². The molecule has 0 aliphatic heterocycles. The van der Waals surface area contributed by atoms with E-state index in [-0.39, 0.29) is 0 Å². The first-order chi connectivity index (χ1) is 10.8. The third-order valence-electron chi connectivity index (χ3n) is 4.52. The molecule has 0 rings (SSSR count). The molecule has 0 heterocycles. The Balaban J connectivity index is 2.94. The van der Waals surface area contributed by atoms with Crippen LogP contribution in [0.1, 0.15) is 117 Å². The normalized spacial score (nSPS) is 11.5. The monoisotopic (exact) mass is 312 g/mol. The molecule has 0 saturated carbocycles. The molecule has 1 heteroatoms. The number of unbranched alkanes of at least 4 members (excludes halogenated alkanes) is 13. The zero-order valence-corrected chi connectivity index (χ0v) is 16.0. The van der Waals surface area contributed by atoms with Crippen molar-refractivity contribution in [1.29, 1.82) is 0 Å². The van der Waals surface area contributed by atoms with E-state index in [9.17, 15) is 0 Å². The van der Waals surface area contributed by atoms with Gasteiger partial charge in [-0.3, -0.25) is 0 Å². The Morgan fingerprint density at radius 2 is 0.909 bits per heavy atom. The minimum Gasteiger partial charge on any atom is -0.382 e. The lowest BCUT2D eigenvalue weighted by molar-refractivity contribution is 0.143. The average Bonchev–Trinajstić information content (AvgIpc) is 2.50. The molecule has 0 radical (unpaired) electrons. The highest BCUT2D eigenvalue weighted by atomic mass is 16.5. The molecule has 0 aromatic carbocycles. The number of hydrogen-bond donors (Lipinski definition) is 0. The molecule has 1 nitrogen and oxygen atoms in total. The van der Waals surface area contributed by atoms with Gasteiger partial charge < -0.3 is 4.74 Å². The van der Waals surface area contributed by atoms with E-state index in [1.165, 1.54) is 96.3 Å². The molecular weight excluding hydrogens is 268 g/mol. The van der Waals surface area contributed by atoms with Gasteiger partial charge in [-0.05, 0) is 19.3 Å². The Labute approximate surface area is 141 Å². The van der Waals surface area contributed by atoms with Crippen LogP contribution >= 0.6 is 0 Å². The van der Waals surface area contributed by atoms with Gasteiger partial charge >= 0.3 is 0 Å². The maximum atomic E-state index is 5.36. The third kappa shape index (κ3) is 20.0. The summed E-state index contributed by atoms with van der Waals surface area (Å²) in [4.78, 5) is 0. The minimum absolute atomic E-state index is 0.873. The molecule has 0 fully saturated rings.